The summed E-state index contributed by atoms with van der Waals surface area (Å²) in [5, 5.41) is 13.6. The van der Waals surface area contributed by atoms with Gasteiger partial charge in [0, 0.05) is 5.69 Å². The molecule has 1 aromatic rings. The van der Waals surface area contributed by atoms with Gasteiger partial charge in [0.25, 0.3) is 5.09 Å². The number of nitrogens with one attached hydrogen (secondary N) is 1. The van der Waals surface area contributed by atoms with Crippen LogP contribution in [0.25, 0.3) is 0 Å². The van der Waals surface area contributed by atoms with Crippen LogP contribution in [-0.4, -0.2) is 10.3 Å². The Labute approximate surface area is 81.4 Å². The predicted molar refractivity (Wildman–Crippen MR) is 52.4 cm³/mol. The molecular weight excluding hydrogens is 186 g/mol. The van der Waals surface area contributed by atoms with Crippen LogP contribution in [0, 0.1) is 10.1 Å². The zero-order chi connectivity index (χ0) is 11.0. The largest absolute Gasteiger partial charge is 0.328 e. The summed E-state index contributed by atoms with van der Waals surface area (Å²) in [6.45, 7) is 2.12. The summed E-state index contributed by atoms with van der Waals surface area (Å²) in [6.07, 6.45) is 1.05. The second-order valence-corrected chi connectivity index (χ2v) is 2.44. The van der Waals surface area contributed by atoms with Crippen LogP contribution in [0.4, 0.5) is 5.69 Å². The highest BCUT2D eigenvalue weighted by Gasteiger charge is 1.89. The average Bonchev–Trinajstić information content (AvgIpc) is 2.17. The molecule has 0 amide bonds. The van der Waals surface area contributed by atoms with Gasteiger partial charge in [-0.05, 0) is 24.1 Å². The number of nitrogens with two attached hydrogens (primary N) is 1. The molecule has 1 aromatic carbocycles. The molecule has 0 aliphatic carbocycles. The van der Waals surface area contributed by atoms with E-state index in [0.29, 0.717) is 0 Å². The molecule has 0 aromatic heterocycles. The van der Waals surface area contributed by atoms with E-state index >= 15 is 0 Å². The first-order valence-electron chi connectivity index (χ1n) is 3.99. The van der Waals surface area contributed by atoms with E-state index in [9.17, 15) is 0 Å². The maximum absolute atomic E-state index is 8.36. The van der Waals surface area contributed by atoms with Gasteiger partial charge in [-0.1, -0.05) is 19.1 Å². The Morgan fingerprint density at radius 3 is 2.64 bits per heavy atom. The first-order valence-corrected chi connectivity index (χ1v) is 3.99. The lowest BCUT2D eigenvalue weighted by Gasteiger charge is -2.00. The van der Waals surface area contributed by atoms with Gasteiger partial charge in [0.2, 0.25) is 0 Å². The standard InChI is InChI=1S/C8H12N2.HNO3/c1-2-7-4-3-5-8(6-7)10-9;2-1(3)4/h3-6,10H,2,9H2,1H3;(H,2,3,4). The van der Waals surface area contributed by atoms with E-state index in [0.717, 1.165) is 12.1 Å². The average molecular weight is 199 g/mol. The minimum Gasteiger partial charge on any atom is -0.328 e. The minimum atomic E-state index is -1.50. The van der Waals surface area contributed by atoms with Gasteiger partial charge in [-0.2, -0.15) is 0 Å². The van der Waals surface area contributed by atoms with E-state index in [1.165, 1.54) is 5.56 Å². The highest BCUT2D eigenvalue weighted by molar-refractivity contribution is 5.44. The summed E-state index contributed by atoms with van der Waals surface area (Å²) in [5.74, 6) is 5.22. The van der Waals surface area contributed by atoms with Crippen molar-refractivity contribution in [2.75, 3.05) is 5.43 Å². The lowest BCUT2D eigenvalue weighted by molar-refractivity contribution is -0.742. The van der Waals surface area contributed by atoms with Gasteiger partial charge >= 0.3 is 0 Å². The Kier molecular flexibility index (Phi) is 5.80. The third kappa shape index (κ3) is 5.78. The van der Waals surface area contributed by atoms with E-state index < -0.39 is 5.09 Å². The lowest BCUT2D eigenvalue weighted by Crippen LogP contribution is -2.06. The van der Waals surface area contributed by atoms with Crippen molar-refractivity contribution in [1.82, 2.24) is 0 Å². The number of nitrogens with zero attached hydrogens (tertiary/aromatic N) is 1. The third-order valence-corrected chi connectivity index (χ3v) is 1.50. The van der Waals surface area contributed by atoms with Gasteiger partial charge in [-0.25, -0.2) is 0 Å². The minimum absolute atomic E-state index is 0.972. The Hall–Kier alpha value is -1.82. The molecule has 6 nitrogen and oxygen atoms in total. The molecule has 0 unspecified atom stereocenters. The van der Waals surface area contributed by atoms with E-state index in [2.05, 4.69) is 18.4 Å². The van der Waals surface area contributed by atoms with Gasteiger partial charge < -0.3 is 10.6 Å². The summed E-state index contributed by atoms with van der Waals surface area (Å²) in [4.78, 5) is 8.36. The van der Waals surface area contributed by atoms with Crippen LogP contribution in [0.2, 0.25) is 0 Å². The van der Waals surface area contributed by atoms with Crippen molar-refractivity contribution in [3.8, 4) is 0 Å². The smallest absolute Gasteiger partial charge is 0.291 e. The number of rotatable bonds is 2. The fourth-order valence-corrected chi connectivity index (χ4v) is 0.881. The first-order chi connectivity index (χ1) is 6.60. The number of anilines is 1. The van der Waals surface area contributed by atoms with Crippen molar-refractivity contribution < 1.29 is 10.3 Å². The van der Waals surface area contributed by atoms with Crippen molar-refractivity contribution in [1.29, 1.82) is 0 Å². The van der Waals surface area contributed by atoms with E-state index in [4.69, 9.17) is 21.2 Å². The van der Waals surface area contributed by atoms with Crippen LogP contribution in [0.15, 0.2) is 24.3 Å². The first kappa shape index (κ1) is 12.2. The normalized spacial score (nSPS) is 8.43. The number of aryl methyl sites for hydroxylation is 1. The molecule has 0 spiro atoms. The molecule has 0 radical (unpaired) electrons. The molecule has 0 fully saturated rings. The van der Waals surface area contributed by atoms with Crippen LogP contribution in [0.5, 0.6) is 0 Å². The number of hydrazine groups is 1. The van der Waals surface area contributed by atoms with Crippen LogP contribution in [0.1, 0.15) is 12.5 Å². The van der Waals surface area contributed by atoms with Crippen molar-refractivity contribution in [2.45, 2.75) is 13.3 Å². The van der Waals surface area contributed by atoms with Gasteiger partial charge in [0.15, 0.2) is 0 Å². The molecule has 0 aliphatic rings. The van der Waals surface area contributed by atoms with Gasteiger partial charge in [-0.15, -0.1) is 10.1 Å². The molecule has 0 saturated heterocycles. The maximum Gasteiger partial charge on any atom is 0.291 e. The zero-order valence-electron chi connectivity index (χ0n) is 7.80. The fourth-order valence-electron chi connectivity index (χ4n) is 0.881. The third-order valence-electron chi connectivity index (χ3n) is 1.50. The highest BCUT2D eigenvalue weighted by atomic mass is 16.9. The monoisotopic (exact) mass is 199 g/mol. The molecule has 1 rings (SSSR count). The fraction of sp³-hybridized carbons (Fsp3) is 0.250. The topological polar surface area (TPSA) is 101 Å². The van der Waals surface area contributed by atoms with Gasteiger partial charge in [0.05, 0.1) is 0 Å². The molecular formula is C8H13N3O3. The van der Waals surface area contributed by atoms with E-state index in [1.807, 2.05) is 18.2 Å². The zero-order valence-corrected chi connectivity index (χ0v) is 7.80. The van der Waals surface area contributed by atoms with Crippen molar-refractivity contribution in [3.63, 3.8) is 0 Å². The maximum atomic E-state index is 8.36. The van der Waals surface area contributed by atoms with Crippen molar-refractivity contribution in [3.05, 3.63) is 39.9 Å². The summed E-state index contributed by atoms with van der Waals surface area (Å²) in [6, 6.07) is 8.06. The van der Waals surface area contributed by atoms with Gasteiger partial charge in [-0.3, -0.25) is 5.84 Å². The number of hydrogen-bond donors (Lipinski definition) is 3. The molecule has 0 bridgehead atoms. The SMILES string of the molecule is CCc1cccc(NN)c1.O=[N+]([O-])O. The second-order valence-electron chi connectivity index (χ2n) is 2.44. The Balaban J connectivity index is 0.000000364. The molecule has 4 N–H and O–H groups in total. The molecule has 78 valence electrons. The van der Waals surface area contributed by atoms with Crippen LogP contribution >= 0.6 is 0 Å². The lowest BCUT2D eigenvalue weighted by atomic mass is 10.1. The van der Waals surface area contributed by atoms with Crippen LogP contribution in [0.3, 0.4) is 0 Å². The summed E-state index contributed by atoms with van der Waals surface area (Å²) in [7, 11) is 0. The van der Waals surface area contributed by atoms with Crippen molar-refractivity contribution >= 4 is 5.69 Å². The summed E-state index contributed by atoms with van der Waals surface area (Å²) >= 11 is 0. The predicted octanol–water partition coefficient (Wildman–Crippen LogP) is 1.19. The molecule has 6 heteroatoms. The Morgan fingerprint density at radius 1 is 1.64 bits per heavy atom. The molecule has 0 atom stereocenters. The van der Waals surface area contributed by atoms with E-state index in [-0.39, 0.29) is 0 Å². The van der Waals surface area contributed by atoms with Crippen LogP contribution < -0.4 is 11.3 Å². The molecule has 0 heterocycles. The number of nitrogen functional groups attached to an aromatic ring is 1. The van der Waals surface area contributed by atoms with Crippen LogP contribution in [-0.2, 0) is 6.42 Å². The molecule has 14 heavy (non-hydrogen) atoms. The summed E-state index contributed by atoms with van der Waals surface area (Å²) in [5.41, 5.74) is 4.87. The summed E-state index contributed by atoms with van der Waals surface area (Å²) < 4.78 is 0. The highest BCUT2D eigenvalue weighted by Crippen LogP contribution is 2.08. The van der Waals surface area contributed by atoms with E-state index in [1.54, 1.807) is 0 Å². The number of benzene rings is 1. The number of hydrogen-bond acceptors (Lipinski definition) is 4. The Morgan fingerprint density at radius 2 is 2.21 bits per heavy atom. The second kappa shape index (κ2) is 6.67. The Bertz CT molecular complexity index is 268. The van der Waals surface area contributed by atoms with Gasteiger partial charge in [0.1, 0.15) is 0 Å². The van der Waals surface area contributed by atoms with Crippen molar-refractivity contribution in [2.24, 2.45) is 5.84 Å². The molecule has 0 saturated carbocycles. The quantitative estimate of drug-likeness (QED) is 0.377. The molecule has 0 aliphatic heterocycles.